The standard InChI is InChI=1S/C7H9N.ClH/c1-2-4-7-5-3-6-8-7;/h2-3,5-6,8H,1,4H2;1H. The molecular formula is C7H10ClN. The molecule has 0 aliphatic rings. The topological polar surface area (TPSA) is 15.8 Å². The van der Waals surface area contributed by atoms with Gasteiger partial charge in [-0.15, -0.1) is 19.0 Å². The first-order valence-corrected chi connectivity index (χ1v) is 2.66. The zero-order valence-corrected chi connectivity index (χ0v) is 5.95. The fourth-order valence-corrected chi connectivity index (χ4v) is 0.650. The van der Waals surface area contributed by atoms with Gasteiger partial charge in [0.1, 0.15) is 0 Å². The number of H-pyrrole nitrogens is 1. The van der Waals surface area contributed by atoms with Gasteiger partial charge in [-0.3, -0.25) is 0 Å². The third-order valence-electron chi connectivity index (χ3n) is 1.03. The van der Waals surface area contributed by atoms with Gasteiger partial charge in [0.25, 0.3) is 0 Å². The van der Waals surface area contributed by atoms with Crippen molar-refractivity contribution >= 4 is 12.4 Å². The van der Waals surface area contributed by atoms with E-state index < -0.39 is 0 Å². The number of aromatic amines is 1. The molecule has 0 saturated carbocycles. The smallest absolute Gasteiger partial charge is 0.0185 e. The number of allylic oxidation sites excluding steroid dienone is 1. The van der Waals surface area contributed by atoms with Crippen LogP contribution in [0.1, 0.15) is 5.69 Å². The van der Waals surface area contributed by atoms with E-state index in [2.05, 4.69) is 11.6 Å². The largest absolute Gasteiger partial charge is 0.365 e. The van der Waals surface area contributed by atoms with Crippen molar-refractivity contribution < 1.29 is 0 Å². The number of rotatable bonds is 2. The Labute approximate surface area is 61.2 Å². The van der Waals surface area contributed by atoms with Crippen LogP contribution in [0.5, 0.6) is 0 Å². The van der Waals surface area contributed by atoms with Gasteiger partial charge < -0.3 is 4.98 Å². The highest BCUT2D eigenvalue weighted by Gasteiger charge is 1.83. The Morgan fingerprint density at radius 2 is 2.44 bits per heavy atom. The molecule has 0 unspecified atom stereocenters. The zero-order valence-electron chi connectivity index (χ0n) is 5.13. The van der Waals surface area contributed by atoms with Gasteiger partial charge in [0.2, 0.25) is 0 Å². The molecule has 0 bridgehead atoms. The lowest BCUT2D eigenvalue weighted by molar-refractivity contribution is 1.16. The Hall–Kier alpha value is -0.690. The van der Waals surface area contributed by atoms with E-state index in [-0.39, 0.29) is 12.4 Å². The minimum atomic E-state index is 0. The van der Waals surface area contributed by atoms with E-state index in [4.69, 9.17) is 0 Å². The van der Waals surface area contributed by atoms with Gasteiger partial charge in [-0.1, -0.05) is 6.08 Å². The molecule has 0 atom stereocenters. The Balaban J connectivity index is 0.000000640. The highest BCUT2D eigenvalue weighted by molar-refractivity contribution is 5.85. The summed E-state index contributed by atoms with van der Waals surface area (Å²) in [5.41, 5.74) is 1.22. The van der Waals surface area contributed by atoms with Crippen LogP contribution in [0.4, 0.5) is 0 Å². The van der Waals surface area contributed by atoms with E-state index in [0.717, 1.165) is 6.42 Å². The Morgan fingerprint density at radius 1 is 1.67 bits per heavy atom. The van der Waals surface area contributed by atoms with Gasteiger partial charge in [0, 0.05) is 18.3 Å². The fraction of sp³-hybridized carbons (Fsp3) is 0.143. The first-order chi connectivity index (χ1) is 3.93. The molecule has 1 heterocycles. The highest BCUT2D eigenvalue weighted by Crippen LogP contribution is 1.94. The minimum absolute atomic E-state index is 0. The molecular weight excluding hydrogens is 134 g/mol. The summed E-state index contributed by atoms with van der Waals surface area (Å²) in [6.45, 7) is 3.62. The van der Waals surface area contributed by atoms with Gasteiger partial charge in [-0.05, 0) is 12.1 Å². The van der Waals surface area contributed by atoms with Crippen molar-refractivity contribution in [3.05, 3.63) is 36.7 Å². The van der Waals surface area contributed by atoms with Crippen molar-refractivity contribution in [2.45, 2.75) is 6.42 Å². The van der Waals surface area contributed by atoms with Crippen molar-refractivity contribution in [3.63, 3.8) is 0 Å². The molecule has 50 valence electrons. The molecule has 1 aromatic rings. The van der Waals surface area contributed by atoms with Gasteiger partial charge in [-0.25, -0.2) is 0 Å². The molecule has 0 aliphatic carbocycles. The summed E-state index contributed by atoms with van der Waals surface area (Å²) in [6.07, 6.45) is 4.73. The summed E-state index contributed by atoms with van der Waals surface area (Å²) in [7, 11) is 0. The van der Waals surface area contributed by atoms with E-state index in [1.807, 2.05) is 24.4 Å². The van der Waals surface area contributed by atoms with Crippen LogP contribution in [0, 0.1) is 0 Å². The summed E-state index contributed by atoms with van der Waals surface area (Å²) in [4.78, 5) is 3.07. The molecule has 0 spiro atoms. The second-order valence-corrected chi connectivity index (χ2v) is 1.69. The summed E-state index contributed by atoms with van der Waals surface area (Å²) >= 11 is 0. The summed E-state index contributed by atoms with van der Waals surface area (Å²) in [6, 6.07) is 4.03. The lowest BCUT2D eigenvalue weighted by atomic mass is 10.3. The predicted molar refractivity (Wildman–Crippen MR) is 41.9 cm³/mol. The first kappa shape index (κ1) is 8.31. The van der Waals surface area contributed by atoms with Crippen LogP contribution in [-0.2, 0) is 6.42 Å². The van der Waals surface area contributed by atoms with Crippen molar-refractivity contribution in [1.82, 2.24) is 4.98 Å². The molecule has 0 saturated heterocycles. The lowest BCUT2D eigenvalue weighted by Crippen LogP contribution is -1.75. The second kappa shape index (κ2) is 4.21. The number of nitrogens with one attached hydrogen (secondary N) is 1. The Bertz CT molecular complexity index is 155. The number of aromatic nitrogens is 1. The van der Waals surface area contributed by atoms with E-state index >= 15 is 0 Å². The minimum Gasteiger partial charge on any atom is -0.365 e. The highest BCUT2D eigenvalue weighted by atomic mass is 35.5. The van der Waals surface area contributed by atoms with Gasteiger partial charge in [-0.2, -0.15) is 0 Å². The van der Waals surface area contributed by atoms with E-state index in [1.54, 1.807) is 0 Å². The van der Waals surface area contributed by atoms with Crippen LogP contribution < -0.4 is 0 Å². The maximum atomic E-state index is 3.62. The number of hydrogen-bond donors (Lipinski definition) is 1. The van der Waals surface area contributed by atoms with Crippen molar-refractivity contribution in [3.8, 4) is 0 Å². The molecule has 1 rings (SSSR count). The summed E-state index contributed by atoms with van der Waals surface area (Å²) in [5, 5.41) is 0. The lowest BCUT2D eigenvalue weighted by Gasteiger charge is -1.83. The van der Waals surface area contributed by atoms with Crippen molar-refractivity contribution in [2.24, 2.45) is 0 Å². The van der Waals surface area contributed by atoms with Crippen LogP contribution in [0.3, 0.4) is 0 Å². The molecule has 9 heavy (non-hydrogen) atoms. The maximum absolute atomic E-state index is 3.62. The molecule has 0 radical (unpaired) electrons. The molecule has 1 nitrogen and oxygen atoms in total. The van der Waals surface area contributed by atoms with Gasteiger partial charge >= 0.3 is 0 Å². The maximum Gasteiger partial charge on any atom is 0.0185 e. The molecule has 0 aliphatic heterocycles. The van der Waals surface area contributed by atoms with Crippen molar-refractivity contribution in [2.75, 3.05) is 0 Å². The molecule has 2 heteroatoms. The number of halogens is 1. The molecule has 0 amide bonds. The summed E-state index contributed by atoms with van der Waals surface area (Å²) in [5.74, 6) is 0. The van der Waals surface area contributed by atoms with E-state index in [0.29, 0.717) is 0 Å². The van der Waals surface area contributed by atoms with Gasteiger partial charge in [0.05, 0.1) is 0 Å². The van der Waals surface area contributed by atoms with Crippen LogP contribution >= 0.6 is 12.4 Å². The third kappa shape index (κ3) is 2.38. The Morgan fingerprint density at radius 3 is 2.89 bits per heavy atom. The molecule has 1 aromatic heterocycles. The average Bonchev–Trinajstić information content (AvgIpc) is 2.19. The zero-order chi connectivity index (χ0) is 5.82. The first-order valence-electron chi connectivity index (χ1n) is 2.66. The second-order valence-electron chi connectivity index (χ2n) is 1.69. The van der Waals surface area contributed by atoms with Crippen molar-refractivity contribution in [1.29, 1.82) is 0 Å². The summed E-state index contributed by atoms with van der Waals surface area (Å²) < 4.78 is 0. The van der Waals surface area contributed by atoms with Crippen LogP contribution in [0.2, 0.25) is 0 Å². The monoisotopic (exact) mass is 143 g/mol. The van der Waals surface area contributed by atoms with Crippen LogP contribution in [-0.4, -0.2) is 4.98 Å². The number of hydrogen-bond acceptors (Lipinski definition) is 0. The Kier molecular flexibility index (Phi) is 3.89. The fourth-order valence-electron chi connectivity index (χ4n) is 0.650. The van der Waals surface area contributed by atoms with Crippen LogP contribution in [0.25, 0.3) is 0 Å². The molecule has 0 aromatic carbocycles. The third-order valence-corrected chi connectivity index (χ3v) is 1.03. The predicted octanol–water partition coefficient (Wildman–Crippen LogP) is 2.16. The SMILES string of the molecule is C=CCc1ccc[nH]1.Cl. The average molecular weight is 144 g/mol. The van der Waals surface area contributed by atoms with Gasteiger partial charge in [0.15, 0.2) is 0 Å². The van der Waals surface area contributed by atoms with E-state index in [1.165, 1.54) is 5.69 Å². The quantitative estimate of drug-likeness (QED) is 0.611. The van der Waals surface area contributed by atoms with Crippen LogP contribution in [0.15, 0.2) is 31.0 Å². The van der Waals surface area contributed by atoms with E-state index in [9.17, 15) is 0 Å². The molecule has 0 fully saturated rings. The normalized spacial score (nSPS) is 8.00. The molecule has 1 N–H and O–H groups in total.